The summed E-state index contributed by atoms with van der Waals surface area (Å²) in [6.07, 6.45) is -0.378. The maximum atomic E-state index is 10.7. The predicted octanol–water partition coefficient (Wildman–Crippen LogP) is -0.0612. The highest BCUT2D eigenvalue weighted by Gasteiger charge is 2.50. The lowest BCUT2D eigenvalue weighted by Gasteiger charge is -2.23. The molecule has 1 aliphatic carbocycles. The minimum atomic E-state index is -1.17. The second-order valence-electron chi connectivity index (χ2n) is 3.83. The summed E-state index contributed by atoms with van der Waals surface area (Å²) in [5, 5.41) is 38.9. The topological polar surface area (TPSA) is 130 Å². The molecule has 1 fully saturated rings. The maximum Gasteiger partial charge on any atom is 0.278 e. The maximum absolute atomic E-state index is 10.7. The Morgan fingerprint density at radius 1 is 1.12 bits per heavy atom. The van der Waals surface area contributed by atoms with E-state index in [0.29, 0.717) is 0 Å². The fraction of sp³-hybridized carbons (Fsp3) is 0.857. The van der Waals surface area contributed by atoms with Gasteiger partial charge in [-0.15, -0.1) is 0 Å². The van der Waals surface area contributed by atoms with Crippen LogP contribution in [-0.4, -0.2) is 43.0 Å². The van der Waals surface area contributed by atoms with Crippen molar-refractivity contribution >= 4 is 5.71 Å². The molecule has 0 aromatic carbocycles. The molecule has 1 saturated carbocycles. The molecule has 2 atom stereocenters. The van der Waals surface area contributed by atoms with E-state index in [9.17, 15) is 20.2 Å². The summed E-state index contributed by atoms with van der Waals surface area (Å²) in [5.74, 6) is -0.742. The first-order chi connectivity index (χ1) is 7.34. The van der Waals surface area contributed by atoms with Gasteiger partial charge in [0.05, 0.1) is 5.92 Å². The molecule has 0 aromatic rings. The normalized spacial score (nSPS) is 29.8. The zero-order chi connectivity index (χ0) is 12.5. The van der Waals surface area contributed by atoms with E-state index in [4.69, 9.17) is 10.4 Å². The molecule has 1 aliphatic rings. The summed E-state index contributed by atoms with van der Waals surface area (Å²) in [6.45, 7) is 1.43. The average molecular weight is 234 g/mol. The zero-order valence-electron chi connectivity index (χ0n) is 8.52. The molecule has 0 aromatic heterocycles. The Labute approximate surface area is 89.8 Å². The zero-order valence-corrected chi connectivity index (χ0v) is 8.52. The van der Waals surface area contributed by atoms with E-state index in [1.807, 2.05) is 0 Å². The van der Waals surface area contributed by atoms with Gasteiger partial charge < -0.3 is 0 Å². The fourth-order valence-corrected chi connectivity index (χ4v) is 1.89. The highest BCUT2D eigenvalue weighted by molar-refractivity contribution is 5.81. The molecule has 90 valence electrons. The molecule has 2 unspecified atom stereocenters. The van der Waals surface area contributed by atoms with Crippen molar-refractivity contribution in [3.05, 3.63) is 20.2 Å². The van der Waals surface area contributed by atoms with Crippen LogP contribution in [0, 0.1) is 26.1 Å². The average Bonchev–Trinajstić information content (AvgIpc) is 2.16. The number of nitro groups is 2. The van der Waals surface area contributed by atoms with Crippen LogP contribution in [-0.2, 0) is 0 Å². The molecule has 0 heterocycles. The molecule has 0 saturated heterocycles. The molecule has 1 rings (SSSR count). The van der Waals surface area contributed by atoms with Crippen molar-refractivity contribution in [2.24, 2.45) is 5.92 Å². The summed E-state index contributed by atoms with van der Waals surface area (Å²) >= 11 is 0. The van der Waals surface area contributed by atoms with Crippen LogP contribution in [0.5, 0.6) is 0 Å². The first-order valence-electron chi connectivity index (χ1n) is 4.64. The van der Waals surface area contributed by atoms with Gasteiger partial charge in [-0.1, -0.05) is 0 Å². The Kier molecular flexibility index (Phi) is 3.25. The summed E-state index contributed by atoms with van der Waals surface area (Å²) in [6, 6.07) is -2.33. The first-order valence-corrected chi connectivity index (χ1v) is 4.64. The molecular weight excluding hydrogens is 222 g/mol. The quantitative estimate of drug-likeness (QED) is 0.391. The van der Waals surface area contributed by atoms with E-state index < -0.39 is 27.8 Å². The van der Waals surface area contributed by atoms with Gasteiger partial charge in [-0.05, 0) is 6.92 Å². The highest BCUT2D eigenvalue weighted by Crippen LogP contribution is 2.26. The van der Waals surface area contributed by atoms with Gasteiger partial charge in [0.1, 0.15) is 12.8 Å². The van der Waals surface area contributed by atoms with E-state index in [1.165, 1.54) is 6.92 Å². The summed E-state index contributed by atoms with van der Waals surface area (Å²) in [5.41, 5.74) is -0.110. The van der Waals surface area contributed by atoms with Crippen LogP contribution in [0.4, 0.5) is 0 Å². The van der Waals surface area contributed by atoms with Gasteiger partial charge in [0.25, 0.3) is 5.71 Å². The minimum absolute atomic E-state index is 0.110. The summed E-state index contributed by atoms with van der Waals surface area (Å²) < 4.78 is 0. The molecule has 0 bridgehead atoms. The number of rotatable bonds is 2. The van der Waals surface area contributed by atoms with Gasteiger partial charge >= 0.3 is 0 Å². The third-order valence-corrected chi connectivity index (χ3v) is 2.93. The lowest BCUT2D eigenvalue weighted by molar-refractivity contribution is -0.957. The van der Waals surface area contributed by atoms with E-state index in [2.05, 4.69) is 0 Å². The first kappa shape index (κ1) is 12.1. The second kappa shape index (κ2) is 4.29. The van der Waals surface area contributed by atoms with Crippen LogP contribution in [0.25, 0.3) is 0 Å². The van der Waals surface area contributed by atoms with Gasteiger partial charge in [-0.3, -0.25) is 20.2 Å². The smallest absolute Gasteiger partial charge is 0.264 e. The van der Waals surface area contributed by atoms with Crippen molar-refractivity contribution in [3.8, 4) is 0 Å². The van der Waals surface area contributed by atoms with Gasteiger partial charge in [0.2, 0.25) is 12.1 Å². The lowest BCUT2D eigenvalue weighted by atomic mass is 9.81. The van der Waals surface area contributed by atoms with Gasteiger partial charge in [-0.25, -0.2) is 10.4 Å². The lowest BCUT2D eigenvalue weighted by Crippen LogP contribution is -2.47. The van der Waals surface area contributed by atoms with Crippen molar-refractivity contribution in [3.63, 3.8) is 0 Å². The van der Waals surface area contributed by atoms with E-state index in [1.54, 1.807) is 0 Å². The molecule has 9 nitrogen and oxygen atoms in total. The van der Waals surface area contributed by atoms with Crippen LogP contribution < -0.4 is 0 Å². The predicted molar refractivity (Wildman–Crippen MR) is 48.8 cm³/mol. The number of hydrogen-bond donors (Lipinski definition) is 2. The van der Waals surface area contributed by atoms with Crippen molar-refractivity contribution in [2.45, 2.75) is 31.8 Å². The van der Waals surface area contributed by atoms with E-state index in [-0.39, 0.29) is 23.5 Å². The summed E-state index contributed by atoms with van der Waals surface area (Å²) in [7, 11) is 0. The highest BCUT2D eigenvalue weighted by atomic mass is 16.8. The molecular formula is C7H12N3O6+. The van der Waals surface area contributed by atoms with E-state index in [0.717, 1.165) is 0 Å². The Morgan fingerprint density at radius 2 is 1.50 bits per heavy atom. The van der Waals surface area contributed by atoms with Crippen LogP contribution in [0.1, 0.15) is 19.8 Å². The molecule has 9 heteroatoms. The molecule has 0 amide bonds. The second-order valence-corrected chi connectivity index (χ2v) is 3.83. The van der Waals surface area contributed by atoms with Crippen LogP contribution >= 0.6 is 0 Å². The Bertz CT molecular complexity index is 324. The van der Waals surface area contributed by atoms with Gasteiger partial charge in [-0.2, -0.15) is 0 Å². The SMILES string of the molecule is CC1C([N+](=O)[O-])CC(=[N+](O)O)CC1[N+](=O)[O-]. The number of hydrogen-bond acceptors (Lipinski definition) is 6. The number of nitrogens with zero attached hydrogens (tertiary/aromatic N) is 3. The molecule has 0 aliphatic heterocycles. The van der Waals surface area contributed by atoms with Crippen LogP contribution in [0.2, 0.25) is 0 Å². The monoisotopic (exact) mass is 234 g/mol. The molecule has 2 N–H and O–H groups in total. The molecule has 16 heavy (non-hydrogen) atoms. The van der Waals surface area contributed by atoms with Gasteiger partial charge in [0, 0.05) is 9.85 Å². The standard InChI is InChI=1S/C7H12N3O6/c1-4-6(9(13)14)2-5(8(11)12)3-7(4)10(15)16/h4,6-7,11-12H,2-3H2,1H3/q+1. The third-order valence-electron chi connectivity index (χ3n) is 2.93. The van der Waals surface area contributed by atoms with Crippen LogP contribution in [0.15, 0.2) is 0 Å². The molecule has 0 spiro atoms. The largest absolute Gasteiger partial charge is 0.278 e. The summed E-state index contributed by atoms with van der Waals surface area (Å²) in [4.78, 5) is 19.9. The Hall–Kier alpha value is -1.93. The molecule has 0 radical (unpaired) electrons. The van der Waals surface area contributed by atoms with E-state index >= 15 is 0 Å². The van der Waals surface area contributed by atoms with Crippen molar-refractivity contribution in [2.75, 3.05) is 0 Å². The van der Waals surface area contributed by atoms with Crippen molar-refractivity contribution in [1.82, 2.24) is 0 Å². The minimum Gasteiger partial charge on any atom is -0.264 e. The van der Waals surface area contributed by atoms with Crippen molar-refractivity contribution < 1.29 is 25.2 Å². The van der Waals surface area contributed by atoms with Crippen LogP contribution in [0.3, 0.4) is 0 Å². The van der Waals surface area contributed by atoms with Gasteiger partial charge in [0.15, 0.2) is 4.90 Å². The third kappa shape index (κ3) is 2.18. The fourth-order valence-electron chi connectivity index (χ4n) is 1.89. The Balaban J connectivity index is 3.02. The Morgan fingerprint density at radius 3 is 1.75 bits per heavy atom. The van der Waals surface area contributed by atoms with Crippen molar-refractivity contribution in [1.29, 1.82) is 0 Å².